The van der Waals surface area contributed by atoms with Gasteiger partial charge in [0.15, 0.2) is 0 Å². The van der Waals surface area contributed by atoms with E-state index in [1.165, 1.54) is 5.56 Å². The van der Waals surface area contributed by atoms with Crippen LogP contribution in [0.25, 0.3) is 5.69 Å². The molecular formula is C17H20ClN3. The molecule has 21 heavy (non-hydrogen) atoms. The highest BCUT2D eigenvalue weighted by molar-refractivity contribution is 6.31. The van der Waals surface area contributed by atoms with Gasteiger partial charge in [-0.15, -0.1) is 0 Å². The predicted octanol–water partition coefficient (Wildman–Crippen LogP) is 3.82. The maximum absolute atomic E-state index is 6.24. The lowest BCUT2D eigenvalue weighted by Gasteiger charge is -2.11. The van der Waals surface area contributed by atoms with E-state index in [2.05, 4.69) is 32.1 Å². The van der Waals surface area contributed by atoms with Crippen LogP contribution in [0.1, 0.15) is 34.9 Å². The highest BCUT2D eigenvalue weighted by Gasteiger charge is 2.24. The average Bonchev–Trinajstić information content (AvgIpc) is 2.97. The molecule has 0 amide bonds. The Bertz CT molecular complexity index is 715. The fraction of sp³-hybridized carbons (Fsp3) is 0.353. The Kier molecular flexibility index (Phi) is 3.64. The fourth-order valence-corrected chi connectivity index (χ4v) is 3.27. The van der Waals surface area contributed by atoms with Gasteiger partial charge in [-0.1, -0.05) is 29.8 Å². The van der Waals surface area contributed by atoms with E-state index in [1.807, 2.05) is 23.7 Å². The van der Waals surface area contributed by atoms with Crippen molar-refractivity contribution in [3.63, 3.8) is 0 Å². The molecule has 1 aromatic carbocycles. The van der Waals surface area contributed by atoms with E-state index in [1.54, 1.807) is 0 Å². The van der Waals surface area contributed by atoms with Crippen molar-refractivity contribution in [2.45, 2.75) is 39.2 Å². The molecule has 0 aliphatic heterocycles. The number of aryl methyl sites for hydroxylation is 2. The van der Waals surface area contributed by atoms with Crippen LogP contribution in [0.5, 0.6) is 0 Å². The summed E-state index contributed by atoms with van der Waals surface area (Å²) in [6, 6.07) is 6.21. The second-order valence-corrected chi connectivity index (χ2v) is 6.23. The molecule has 0 spiro atoms. The van der Waals surface area contributed by atoms with Crippen molar-refractivity contribution in [3.05, 3.63) is 57.9 Å². The molecule has 0 unspecified atom stereocenters. The smallest absolute Gasteiger partial charge is 0.0663 e. The third-order valence-corrected chi connectivity index (χ3v) is 4.64. The van der Waals surface area contributed by atoms with Gasteiger partial charge < -0.3 is 5.73 Å². The van der Waals surface area contributed by atoms with E-state index in [0.29, 0.717) is 5.92 Å². The van der Waals surface area contributed by atoms with Crippen molar-refractivity contribution in [1.29, 1.82) is 0 Å². The van der Waals surface area contributed by atoms with Gasteiger partial charge in [-0.25, -0.2) is 4.68 Å². The first-order valence-corrected chi connectivity index (χ1v) is 7.61. The van der Waals surface area contributed by atoms with E-state index < -0.39 is 0 Å². The number of nitrogens with zero attached hydrogens (tertiary/aromatic N) is 2. The first-order valence-electron chi connectivity index (χ1n) is 7.24. The summed E-state index contributed by atoms with van der Waals surface area (Å²) in [5.74, 6) is 0.370. The van der Waals surface area contributed by atoms with Gasteiger partial charge in [0.1, 0.15) is 0 Å². The molecule has 3 nitrogen and oxygen atoms in total. The van der Waals surface area contributed by atoms with Crippen LogP contribution in [0.2, 0.25) is 5.02 Å². The molecule has 0 saturated heterocycles. The molecule has 0 saturated carbocycles. The summed E-state index contributed by atoms with van der Waals surface area (Å²) in [5, 5.41) is 5.47. The molecular weight excluding hydrogens is 282 g/mol. The van der Waals surface area contributed by atoms with Gasteiger partial charge in [0.05, 0.1) is 11.4 Å². The van der Waals surface area contributed by atoms with Gasteiger partial charge in [-0.3, -0.25) is 0 Å². The average molecular weight is 302 g/mol. The summed E-state index contributed by atoms with van der Waals surface area (Å²) in [4.78, 5) is 0. The van der Waals surface area contributed by atoms with Crippen molar-refractivity contribution < 1.29 is 0 Å². The number of rotatable bonds is 2. The van der Waals surface area contributed by atoms with Gasteiger partial charge in [0.2, 0.25) is 0 Å². The standard InChI is InChI=1S/C17H20ClN3/c1-10-4-7-15(9-16(10)18)21-12(3)17(11(2)20-21)13-5-6-14(19)8-13/h4-7,9,13-14H,8,19H2,1-3H3/t13-,14+/m0/s1. The zero-order valence-corrected chi connectivity index (χ0v) is 13.4. The number of benzene rings is 1. The fourth-order valence-electron chi connectivity index (χ4n) is 3.10. The van der Waals surface area contributed by atoms with Crippen LogP contribution in [0.4, 0.5) is 0 Å². The highest BCUT2D eigenvalue weighted by atomic mass is 35.5. The Balaban J connectivity index is 2.05. The molecule has 1 aliphatic carbocycles. The van der Waals surface area contributed by atoms with Crippen LogP contribution >= 0.6 is 11.6 Å². The van der Waals surface area contributed by atoms with E-state index in [9.17, 15) is 0 Å². The van der Waals surface area contributed by atoms with Gasteiger partial charge >= 0.3 is 0 Å². The summed E-state index contributed by atoms with van der Waals surface area (Å²) in [6.07, 6.45) is 5.25. The van der Waals surface area contributed by atoms with Crippen LogP contribution < -0.4 is 5.73 Å². The number of allylic oxidation sites excluding steroid dienone is 1. The predicted molar refractivity (Wildman–Crippen MR) is 87.3 cm³/mol. The Morgan fingerprint density at radius 1 is 1.24 bits per heavy atom. The highest BCUT2D eigenvalue weighted by Crippen LogP contribution is 2.33. The van der Waals surface area contributed by atoms with Crippen LogP contribution in [-0.4, -0.2) is 15.8 Å². The Hall–Kier alpha value is -1.58. The zero-order chi connectivity index (χ0) is 15.1. The molecule has 110 valence electrons. The molecule has 0 radical (unpaired) electrons. The van der Waals surface area contributed by atoms with Crippen LogP contribution in [0.15, 0.2) is 30.4 Å². The summed E-state index contributed by atoms with van der Waals surface area (Å²) in [6.45, 7) is 6.18. The second-order valence-electron chi connectivity index (χ2n) is 5.82. The van der Waals surface area contributed by atoms with E-state index in [-0.39, 0.29) is 6.04 Å². The number of hydrogen-bond acceptors (Lipinski definition) is 2. The SMILES string of the molecule is Cc1ccc(-n2nc(C)c([C@H]3C=C[C@@H](N)C3)c2C)cc1Cl. The molecule has 1 aliphatic rings. The Labute approximate surface area is 130 Å². The zero-order valence-electron chi connectivity index (χ0n) is 12.6. The third-order valence-electron chi connectivity index (χ3n) is 4.23. The summed E-state index contributed by atoms with van der Waals surface area (Å²) in [7, 11) is 0. The first kappa shape index (κ1) is 14.4. The summed E-state index contributed by atoms with van der Waals surface area (Å²) >= 11 is 6.24. The largest absolute Gasteiger partial charge is 0.324 e. The second kappa shape index (κ2) is 5.32. The minimum absolute atomic E-state index is 0.158. The van der Waals surface area contributed by atoms with Crippen LogP contribution in [-0.2, 0) is 0 Å². The minimum atomic E-state index is 0.158. The lowest BCUT2D eigenvalue weighted by molar-refractivity contribution is 0.704. The molecule has 1 aromatic heterocycles. The van der Waals surface area contributed by atoms with Crippen LogP contribution in [0, 0.1) is 20.8 Å². The van der Waals surface area contributed by atoms with Crippen molar-refractivity contribution in [2.75, 3.05) is 0 Å². The minimum Gasteiger partial charge on any atom is -0.324 e. The van der Waals surface area contributed by atoms with Crippen molar-refractivity contribution >= 4 is 11.6 Å². The van der Waals surface area contributed by atoms with E-state index in [0.717, 1.165) is 34.1 Å². The lowest BCUT2D eigenvalue weighted by Crippen LogP contribution is -2.14. The topological polar surface area (TPSA) is 43.8 Å². The molecule has 3 rings (SSSR count). The number of hydrogen-bond donors (Lipinski definition) is 1. The lowest BCUT2D eigenvalue weighted by atomic mass is 9.96. The maximum atomic E-state index is 6.24. The number of nitrogens with two attached hydrogens (primary N) is 1. The van der Waals surface area contributed by atoms with Gasteiger partial charge in [0, 0.05) is 28.2 Å². The van der Waals surface area contributed by atoms with Gasteiger partial charge in [0.25, 0.3) is 0 Å². The summed E-state index contributed by atoms with van der Waals surface area (Å²) < 4.78 is 1.98. The maximum Gasteiger partial charge on any atom is 0.0663 e. The molecule has 0 fully saturated rings. The molecule has 2 N–H and O–H groups in total. The molecule has 0 bridgehead atoms. The van der Waals surface area contributed by atoms with Crippen molar-refractivity contribution in [3.8, 4) is 5.69 Å². The molecule has 2 atom stereocenters. The molecule has 4 heteroatoms. The third kappa shape index (κ3) is 2.52. The molecule has 2 aromatic rings. The van der Waals surface area contributed by atoms with Crippen molar-refractivity contribution in [2.24, 2.45) is 5.73 Å². The monoisotopic (exact) mass is 301 g/mol. The van der Waals surface area contributed by atoms with Gasteiger partial charge in [-0.05, 0) is 44.9 Å². The summed E-state index contributed by atoms with van der Waals surface area (Å²) in [5.41, 5.74) is 11.6. The van der Waals surface area contributed by atoms with E-state index in [4.69, 9.17) is 22.4 Å². The first-order chi connectivity index (χ1) is 9.97. The normalized spacial score (nSPS) is 21.2. The Morgan fingerprint density at radius 2 is 2.00 bits per heavy atom. The van der Waals surface area contributed by atoms with Crippen molar-refractivity contribution in [1.82, 2.24) is 9.78 Å². The van der Waals surface area contributed by atoms with E-state index >= 15 is 0 Å². The quantitative estimate of drug-likeness (QED) is 0.857. The van der Waals surface area contributed by atoms with Gasteiger partial charge in [-0.2, -0.15) is 5.10 Å². The number of halogens is 1. The van der Waals surface area contributed by atoms with Crippen LogP contribution in [0.3, 0.4) is 0 Å². The number of aromatic nitrogens is 2. The molecule has 1 heterocycles. The Morgan fingerprint density at radius 3 is 2.62 bits per heavy atom.